The monoisotopic (exact) mass is 220 g/mol. The number of rotatable bonds is 1. The molecule has 0 aliphatic heterocycles. The van der Waals surface area contributed by atoms with Gasteiger partial charge in [-0.3, -0.25) is 4.79 Å². The van der Waals surface area contributed by atoms with E-state index in [9.17, 15) is 4.79 Å². The van der Waals surface area contributed by atoms with Gasteiger partial charge in [-0.25, -0.2) is 0 Å². The molecule has 16 heavy (non-hydrogen) atoms. The van der Waals surface area contributed by atoms with Crippen LogP contribution in [-0.4, -0.2) is 5.78 Å². The van der Waals surface area contributed by atoms with E-state index in [0.717, 1.165) is 5.56 Å². The van der Waals surface area contributed by atoms with Crippen LogP contribution in [0.15, 0.2) is 24.5 Å². The number of Topliss-reactive ketones (excluding diaryl/α,β-unsaturated/α-hetero) is 1. The molecule has 0 amide bonds. The van der Waals surface area contributed by atoms with Crippen LogP contribution in [0.2, 0.25) is 0 Å². The minimum absolute atomic E-state index is 0.00811. The topological polar surface area (TPSA) is 20.9 Å². The van der Waals surface area contributed by atoms with Crippen LogP contribution in [0.3, 0.4) is 0 Å². The lowest BCUT2D eigenvalue weighted by Crippen LogP contribution is -2.50. The van der Waals surface area contributed by atoms with Gasteiger partial charge in [0.15, 0.2) is 23.7 Å². The van der Waals surface area contributed by atoms with Gasteiger partial charge in [-0.15, -0.1) is 0 Å². The summed E-state index contributed by atoms with van der Waals surface area (Å²) in [5.41, 5.74) is 0.468. The molecule has 2 heteroatoms. The number of ketones is 1. The molecule has 0 saturated heterocycles. The van der Waals surface area contributed by atoms with Crippen LogP contribution >= 0.6 is 0 Å². The van der Waals surface area contributed by atoms with Gasteiger partial charge in [-0.05, 0) is 6.07 Å². The van der Waals surface area contributed by atoms with E-state index in [0.29, 0.717) is 0 Å². The van der Waals surface area contributed by atoms with E-state index >= 15 is 0 Å². The Labute approximate surface area is 98.3 Å². The van der Waals surface area contributed by atoms with Gasteiger partial charge in [0.2, 0.25) is 0 Å². The molecule has 1 aromatic rings. The Morgan fingerprint density at radius 1 is 1.12 bits per heavy atom. The van der Waals surface area contributed by atoms with Crippen molar-refractivity contribution in [1.29, 1.82) is 0 Å². The van der Waals surface area contributed by atoms with Crippen molar-refractivity contribution < 1.29 is 9.36 Å². The molecule has 0 fully saturated rings. The van der Waals surface area contributed by atoms with E-state index in [-0.39, 0.29) is 16.7 Å². The summed E-state index contributed by atoms with van der Waals surface area (Å²) >= 11 is 0. The Balaban J connectivity index is 3.14. The first-order valence-electron chi connectivity index (χ1n) is 5.69. The van der Waals surface area contributed by atoms with E-state index in [4.69, 9.17) is 0 Å². The number of carbonyl (C=O) groups is 1. The van der Waals surface area contributed by atoms with Crippen LogP contribution in [0.4, 0.5) is 0 Å². The lowest BCUT2D eigenvalue weighted by atomic mass is 9.87. The SMILES string of the molecule is CC(C)(C)C(=O)c1ccc[n+](C(C)(C)C)c1. The molecule has 0 bridgehead atoms. The van der Waals surface area contributed by atoms with Crippen molar-refractivity contribution >= 4 is 5.78 Å². The molecule has 1 heterocycles. The largest absolute Gasteiger partial charge is 0.293 e. The van der Waals surface area contributed by atoms with Gasteiger partial charge in [0.25, 0.3) is 0 Å². The van der Waals surface area contributed by atoms with Gasteiger partial charge in [-0.1, -0.05) is 20.8 Å². The molecule has 0 aliphatic carbocycles. The van der Waals surface area contributed by atoms with Crippen molar-refractivity contribution in [3.05, 3.63) is 30.1 Å². The zero-order chi connectivity index (χ0) is 12.6. The fourth-order valence-electron chi connectivity index (χ4n) is 1.46. The Bertz CT molecular complexity index is 394. The molecule has 2 nitrogen and oxygen atoms in total. The molecule has 0 saturated carbocycles. The Morgan fingerprint density at radius 2 is 1.69 bits per heavy atom. The molecule has 0 N–H and O–H groups in total. The number of carbonyl (C=O) groups excluding carboxylic acids is 1. The highest BCUT2D eigenvalue weighted by molar-refractivity contribution is 5.99. The van der Waals surface area contributed by atoms with Gasteiger partial charge in [-0.2, -0.15) is 4.57 Å². The molecule has 0 atom stereocenters. The fraction of sp³-hybridized carbons (Fsp3) is 0.571. The highest BCUT2D eigenvalue weighted by Gasteiger charge is 2.27. The van der Waals surface area contributed by atoms with Crippen molar-refractivity contribution in [2.75, 3.05) is 0 Å². The molecular weight excluding hydrogens is 198 g/mol. The quantitative estimate of drug-likeness (QED) is 0.526. The summed E-state index contributed by atoms with van der Waals surface area (Å²) in [6.07, 6.45) is 3.94. The Hall–Kier alpha value is -1.18. The smallest absolute Gasteiger partial charge is 0.180 e. The second kappa shape index (κ2) is 4.00. The average molecular weight is 220 g/mol. The third-order valence-corrected chi connectivity index (χ3v) is 2.52. The van der Waals surface area contributed by atoms with Gasteiger partial charge < -0.3 is 0 Å². The Kier molecular flexibility index (Phi) is 3.22. The summed E-state index contributed by atoms with van der Waals surface area (Å²) in [6.45, 7) is 12.2. The van der Waals surface area contributed by atoms with E-state index in [1.54, 1.807) is 0 Å². The molecule has 0 unspecified atom stereocenters. The Morgan fingerprint density at radius 3 is 2.12 bits per heavy atom. The maximum atomic E-state index is 12.1. The van der Waals surface area contributed by atoms with Crippen LogP contribution < -0.4 is 4.57 Å². The number of nitrogens with zero attached hydrogens (tertiary/aromatic N) is 1. The van der Waals surface area contributed by atoms with Gasteiger partial charge in [0.05, 0.1) is 5.56 Å². The predicted octanol–water partition coefficient (Wildman–Crippen LogP) is 2.96. The van der Waals surface area contributed by atoms with Gasteiger partial charge >= 0.3 is 0 Å². The van der Waals surface area contributed by atoms with Crippen molar-refractivity contribution in [2.45, 2.75) is 47.1 Å². The summed E-state index contributed by atoms with van der Waals surface area (Å²) < 4.78 is 2.08. The summed E-state index contributed by atoms with van der Waals surface area (Å²) in [5, 5.41) is 0. The number of pyridine rings is 1. The first-order chi connectivity index (χ1) is 7.12. The average Bonchev–Trinajstić information content (AvgIpc) is 2.14. The summed E-state index contributed by atoms with van der Waals surface area (Å²) in [7, 11) is 0. The molecular formula is C14H22NO+. The summed E-state index contributed by atoms with van der Waals surface area (Å²) in [6, 6.07) is 3.82. The predicted molar refractivity (Wildman–Crippen MR) is 65.4 cm³/mol. The van der Waals surface area contributed by atoms with Crippen molar-refractivity contribution in [3.8, 4) is 0 Å². The fourth-order valence-corrected chi connectivity index (χ4v) is 1.46. The maximum absolute atomic E-state index is 12.1. The molecule has 88 valence electrons. The van der Waals surface area contributed by atoms with E-state index in [1.807, 2.05) is 45.3 Å². The third kappa shape index (κ3) is 2.91. The first-order valence-corrected chi connectivity index (χ1v) is 5.69. The van der Waals surface area contributed by atoms with Crippen molar-refractivity contribution in [1.82, 2.24) is 0 Å². The van der Waals surface area contributed by atoms with E-state index in [2.05, 4.69) is 25.3 Å². The van der Waals surface area contributed by atoms with Crippen molar-refractivity contribution in [2.24, 2.45) is 5.41 Å². The zero-order valence-electron chi connectivity index (χ0n) is 11.2. The van der Waals surface area contributed by atoms with Crippen LogP contribution in [0.25, 0.3) is 0 Å². The normalized spacial score (nSPS) is 12.6. The number of hydrogen-bond acceptors (Lipinski definition) is 1. The highest BCUT2D eigenvalue weighted by Crippen LogP contribution is 2.20. The minimum atomic E-state index is -0.322. The number of aromatic nitrogens is 1. The lowest BCUT2D eigenvalue weighted by Gasteiger charge is -2.17. The molecule has 0 aliphatic rings. The van der Waals surface area contributed by atoms with Crippen LogP contribution in [0, 0.1) is 5.41 Å². The second-order valence-electron chi connectivity index (χ2n) is 6.25. The second-order valence-corrected chi connectivity index (χ2v) is 6.25. The van der Waals surface area contributed by atoms with E-state index < -0.39 is 0 Å². The maximum Gasteiger partial charge on any atom is 0.180 e. The third-order valence-electron chi connectivity index (χ3n) is 2.52. The van der Waals surface area contributed by atoms with Crippen LogP contribution in [0.5, 0.6) is 0 Å². The summed E-state index contributed by atoms with van der Waals surface area (Å²) in [4.78, 5) is 12.1. The standard InChI is InChI=1S/C14H22NO/c1-13(2,3)12(16)11-8-7-9-15(10-11)14(4,5)6/h7-10H,1-6H3/q+1. The minimum Gasteiger partial charge on any atom is -0.293 e. The molecule has 1 aromatic heterocycles. The highest BCUT2D eigenvalue weighted by atomic mass is 16.1. The van der Waals surface area contributed by atoms with Crippen molar-refractivity contribution in [3.63, 3.8) is 0 Å². The zero-order valence-corrected chi connectivity index (χ0v) is 11.2. The molecule has 0 spiro atoms. The molecule has 1 rings (SSSR count). The van der Waals surface area contributed by atoms with E-state index in [1.165, 1.54) is 0 Å². The van der Waals surface area contributed by atoms with Crippen LogP contribution in [-0.2, 0) is 5.54 Å². The van der Waals surface area contributed by atoms with Gasteiger partial charge in [0.1, 0.15) is 0 Å². The van der Waals surface area contributed by atoms with Gasteiger partial charge in [0, 0.05) is 32.3 Å². The lowest BCUT2D eigenvalue weighted by molar-refractivity contribution is -0.754. The first kappa shape index (κ1) is 12.9. The molecule has 0 radical (unpaired) electrons. The number of hydrogen-bond donors (Lipinski definition) is 0. The van der Waals surface area contributed by atoms with Crippen LogP contribution in [0.1, 0.15) is 51.9 Å². The summed E-state index contributed by atoms with van der Waals surface area (Å²) in [5.74, 6) is 0.186. The molecule has 0 aromatic carbocycles.